The van der Waals surface area contributed by atoms with Gasteiger partial charge in [0.15, 0.2) is 5.70 Å². The van der Waals surface area contributed by atoms with Crippen LogP contribution < -0.4 is 0 Å². The molecule has 2 aromatic rings. The predicted octanol–water partition coefficient (Wildman–Crippen LogP) is 3.34. The molecule has 0 bridgehead atoms. The van der Waals surface area contributed by atoms with Crippen molar-refractivity contribution >= 4 is 17.9 Å². The summed E-state index contributed by atoms with van der Waals surface area (Å²) in [5.74, 6) is -0.0570. The Hall–Kier alpha value is -2.68. The second-order valence-corrected chi connectivity index (χ2v) is 4.61. The van der Waals surface area contributed by atoms with Gasteiger partial charge < -0.3 is 4.74 Å². The number of rotatable bonds is 2. The molecule has 98 valence electrons. The summed E-state index contributed by atoms with van der Waals surface area (Å²) in [4.78, 5) is 16.1. The summed E-state index contributed by atoms with van der Waals surface area (Å²) in [6, 6.07) is 17.3. The van der Waals surface area contributed by atoms with Crippen LogP contribution in [0, 0.1) is 6.92 Å². The van der Waals surface area contributed by atoms with Crippen LogP contribution in [0.4, 0.5) is 0 Å². The third kappa shape index (κ3) is 2.52. The van der Waals surface area contributed by atoms with Crippen LogP contribution >= 0.6 is 0 Å². The highest BCUT2D eigenvalue weighted by Gasteiger charge is 2.23. The SMILES string of the molecule is Cc1ccc(C=C2N=C(c3ccccc3)OC2=O)cc1. The zero-order valence-electron chi connectivity index (χ0n) is 11.0. The third-order valence-electron chi connectivity index (χ3n) is 3.02. The van der Waals surface area contributed by atoms with Gasteiger partial charge in [0, 0.05) is 5.56 Å². The number of hydrogen-bond acceptors (Lipinski definition) is 3. The van der Waals surface area contributed by atoms with E-state index in [-0.39, 0.29) is 0 Å². The summed E-state index contributed by atoms with van der Waals surface area (Å²) in [6.45, 7) is 2.02. The number of ether oxygens (including phenoxy) is 1. The molecule has 0 atom stereocenters. The highest BCUT2D eigenvalue weighted by atomic mass is 16.6. The average molecular weight is 263 g/mol. The van der Waals surface area contributed by atoms with Gasteiger partial charge in [-0.2, -0.15) is 0 Å². The molecule has 1 aliphatic rings. The maximum Gasteiger partial charge on any atom is 0.363 e. The first-order chi connectivity index (χ1) is 9.72. The molecule has 0 unspecified atom stereocenters. The molecule has 0 aromatic heterocycles. The quantitative estimate of drug-likeness (QED) is 0.615. The minimum Gasteiger partial charge on any atom is -0.402 e. The number of hydrogen-bond donors (Lipinski definition) is 0. The Morgan fingerprint density at radius 3 is 2.40 bits per heavy atom. The molecule has 20 heavy (non-hydrogen) atoms. The van der Waals surface area contributed by atoms with Gasteiger partial charge in [0.1, 0.15) is 0 Å². The van der Waals surface area contributed by atoms with E-state index < -0.39 is 5.97 Å². The van der Waals surface area contributed by atoms with Crippen molar-refractivity contribution in [2.75, 3.05) is 0 Å². The zero-order chi connectivity index (χ0) is 13.9. The van der Waals surface area contributed by atoms with Gasteiger partial charge in [-0.3, -0.25) is 0 Å². The maximum atomic E-state index is 11.8. The number of aliphatic imine (C=N–C) groups is 1. The number of esters is 1. The highest BCUT2D eigenvalue weighted by Crippen LogP contribution is 2.19. The maximum absolute atomic E-state index is 11.8. The first-order valence-corrected chi connectivity index (χ1v) is 6.37. The van der Waals surface area contributed by atoms with Crippen molar-refractivity contribution in [1.82, 2.24) is 0 Å². The Balaban J connectivity index is 1.92. The molecule has 1 heterocycles. The Bertz CT molecular complexity index is 698. The standard InChI is InChI=1S/C17H13NO2/c1-12-7-9-13(10-8-12)11-15-17(19)20-16(18-15)14-5-3-2-4-6-14/h2-11H,1H3. The summed E-state index contributed by atoms with van der Waals surface area (Å²) >= 11 is 0. The van der Waals surface area contributed by atoms with Crippen LogP contribution in [0.2, 0.25) is 0 Å². The molecule has 2 aromatic carbocycles. The molecule has 3 nitrogen and oxygen atoms in total. The van der Waals surface area contributed by atoms with E-state index in [1.165, 1.54) is 5.56 Å². The van der Waals surface area contributed by atoms with Crippen molar-refractivity contribution in [3.05, 3.63) is 77.0 Å². The van der Waals surface area contributed by atoms with Gasteiger partial charge in [0.25, 0.3) is 0 Å². The molecule has 0 fully saturated rings. The second kappa shape index (κ2) is 5.13. The lowest BCUT2D eigenvalue weighted by Gasteiger charge is -1.97. The molecule has 0 spiro atoms. The fourth-order valence-corrected chi connectivity index (χ4v) is 1.93. The zero-order valence-corrected chi connectivity index (χ0v) is 11.0. The van der Waals surface area contributed by atoms with Crippen LogP contribution in [-0.2, 0) is 9.53 Å². The van der Waals surface area contributed by atoms with E-state index in [0.29, 0.717) is 11.6 Å². The number of aryl methyl sites for hydroxylation is 1. The summed E-state index contributed by atoms with van der Waals surface area (Å²) < 4.78 is 5.20. The fourth-order valence-electron chi connectivity index (χ4n) is 1.93. The van der Waals surface area contributed by atoms with E-state index >= 15 is 0 Å². The Morgan fingerprint density at radius 2 is 1.70 bits per heavy atom. The Labute approximate surface area is 117 Å². The average Bonchev–Trinajstić information content (AvgIpc) is 2.84. The topological polar surface area (TPSA) is 38.7 Å². The van der Waals surface area contributed by atoms with E-state index in [2.05, 4.69) is 4.99 Å². The molecule has 0 aliphatic carbocycles. The number of nitrogens with zero attached hydrogens (tertiary/aromatic N) is 1. The largest absolute Gasteiger partial charge is 0.402 e. The molecule has 3 rings (SSSR count). The van der Waals surface area contributed by atoms with Crippen molar-refractivity contribution in [2.24, 2.45) is 4.99 Å². The second-order valence-electron chi connectivity index (χ2n) is 4.61. The van der Waals surface area contributed by atoms with Gasteiger partial charge >= 0.3 is 5.97 Å². The highest BCUT2D eigenvalue weighted by molar-refractivity contribution is 6.12. The normalized spacial score (nSPS) is 16.1. The molecule has 0 N–H and O–H groups in total. The molecule has 0 saturated heterocycles. The van der Waals surface area contributed by atoms with Crippen molar-refractivity contribution in [2.45, 2.75) is 6.92 Å². The Kier molecular flexibility index (Phi) is 3.17. The predicted molar refractivity (Wildman–Crippen MR) is 78.2 cm³/mol. The van der Waals surface area contributed by atoms with Crippen molar-refractivity contribution in [3.8, 4) is 0 Å². The summed E-state index contributed by atoms with van der Waals surface area (Å²) in [5.41, 5.74) is 3.23. The van der Waals surface area contributed by atoms with Crippen molar-refractivity contribution in [3.63, 3.8) is 0 Å². The number of cyclic esters (lactones) is 1. The van der Waals surface area contributed by atoms with Gasteiger partial charge in [0.05, 0.1) is 0 Å². The van der Waals surface area contributed by atoms with Crippen molar-refractivity contribution in [1.29, 1.82) is 0 Å². The molecule has 0 amide bonds. The van der Waals surface area contributed by atoms with Crippen LogP contribution in [0.1, 0.15) is 16.7 Å². The lowest BCUT2D eigenvalue weighted by atomic mass is 10.1. The number of carbonyl (C=O) groups excluding carboxylic acids is 1. The van der Waals surface area contributed by atoms with Crippen molar-refractivity contribution < 1.29 is 9.53 Å². The van der Waals surface area contributed by atoms with E-state index in [9.17, 15) is 4.79 Å². The smallest absolute Gasteiger partial charge is 0.363 e. The lowest BCUT2D eigenvalue weighted by molar-refractivity contribution is -0.129. The van der Waals surface area contributed by atoms with Crippen LogP contribution in [0.25, 0.3) is 6.08 Å². The van der Waals surface area contributed by atoms with Gasteiger partial charge in [-0.25, -0.2) is 9.79 Å². The van der Waals surface area contributed by atoms with Gasteiger partial charge in [-0.15, -0.1) is 0 Å². The third-order valence-corrected chi connectivity index (χ3v) is 3.02. The van der Waals surface area contributed by atoms with Crippen LogP contribution in [0.5, 0.6) is 0 Å². The Morgan fingerprint density at radius 1 is 1.00 bits per heavy atom. The molecular weight excluding hydrogens is 250 g/mol. The van der Waals surface area contributed by atoms with Gasteiger partial charge in [0.2, 0.25) is 5.90 Å². The molecule has 1 aliphatic heterocycles. The fraction of sp³-hybridized carbons (Fsp3) is 0.0588. The first kappa shape index (κ1) is 12.4. The van der Waals surface area contributed by atoms with E-state index in [1.807, 2.05) is 61.5 Å². The van der Waals surface area contributed by atoms with E-state index in [4.69, 9.17) is 4.74 Å². The van der Waals surface area contributed by atoms with E-state index in [1.54, 1.807) is 6.08 Å². The van der Waals surface area contributed by atoms with Crippen LogP contribution in [-0.4, -0.2) is 11.9 Å². The first-order valence-electron chi connectivity index (χ1n) is 6.37. The summed E-state index contributed by atoms with van der Waals surface area (Å²) in [6.07, 6.45) is 1.73. The van der Waals surface area contributed by atoms with E-state index in [0.717, 1.165) is 11.1 Å². The van der Waals surface area contributed by atoms with Gasteiger partial charge in [-0.1, -0.05) is 48.0 Å². The van der Waals surface area contributed by atoms with Crippen LogP contribution in [0.15, 0.2) is 65.3 Å². The molecule has 3 heteroatoms. The van der Waals surface area contributed by atoms with Gasteiger partial charge in [-0.05, 0) is 30.7 Å². The number of benzene rings is 2. The summed E-state index contributed by atoms with van der Waals surface area (Å²) in [7, 11) is 0. The molecule has 0 radical (unpaired) electrons. The summed E-state index contributed by atoms with van der Waals surface area (Å²) in [5, 5.41) is 0. The molecule has 0 saturated carbocycles. The number of carbonyl (C=O) groups is 1. The molecular formula is C17H13NO2. The monoisotopic (exact) mass is 263 g/mol. The van der Waals surface area contributed by atoms with Crippen LogP contribution in [0.3, 0.4) is 0 Å². The lowest BCUT2D eigenvalue weighted by Crippen LogP contribution is -2.04. The minimum atomic E-state index is -0.413. The minimum absolute atomic E-state index is 0.327.